The minimum atomic E-state index is -3.67. The molecule has 2 aliphatic rings. The zero-order valence-electron chi connectivity index (χ0n) is 13.1. The molecule has 3 heterocycles. The van der Waals surface area contributed by atoms with E-state index < -0.39 is 15.4 Å². The molecule has 1 atom stereocenters. The number of hydrogen-bond acceptors (Lipinski definition) is 5. The Morgan fingerprint density at radius 2 is 1.95 bits per heavy atom. The fourth-order valence-electron chi connectivity index (χ4n) is 3.66. The summed E-state index contributed by atoms with van der Waals surface area (Å²) >= 11 is 0. The quantitative estimate of drug-likeness (QED) is 0.807. The van der Waals surface area contributed by atoms with E-state index in [1.165, 1.54) is 4.31 Å². The molecule has 2 saturated heterocycles. The summed E-state index contributed by atoms with van der Waals surface area (Å²) in [5.74, 6) is 0.362. The van der Waals surface area contributed by atoms with E-state index in [4.69, 9.17) is 4.52 Å². The predicted molar refractivity (Wildman–Crippen MR) is 78.7 cm³/mol. The molecule has 2 fully saturated rings. The number of carbonyl (C=O) groups is 1. The van der Waals surface area contributed by atoms with Crippen molar-refractivity contribution in [2.45, 2.75) is 38.0 Å². The third-order valence-corrected chi connectivity index (χ3v) is 6.92. The molecular formula is C14H21N3O4S. The third kappa shape index (κ3) is 2.16. The summed E-state index contributed by atoms with van der Waals surface area (Å²) in [6, 6.07) is 0. The molecule has 2 aliphatic heterocycles. The topological polar surface area (TPSA) is 83.7 Å². The minimum Gasteiger partial charge on any atom is -0.360 e. The highest BCUT2D eigenvalue weighted by Crippen LogP contribution is 2.42. The average Bonchev–Trinajstić information content (AvgIpc) is 3.02. The molecule has 0 unspecified atom stereocenters. The Kier molecular flexibility index (Phi) is 3.56. The lowest BCUT2D eigenvalue weighted by Gasteiger charge is -2.37. The van der Waals surface area contributed by atoms with Gasteiger partial charge in [-0.3, -0.25) is 4.79 Å². The van der Waals surface area contributed by atoms with Gasteiger partial charge in [0, 0.05) is 26.7 Å². The van der Waals surface area contributed by atoms with Gasteiger partial charge in [-0.25, -0.2) is 8.42 Å². The molecule has 0 saturated carbocycles. The van der Waals surface area contributed by atoms with Crippen molar-refractivity contribution in [3.05, 3.63) is 11.5 Å². The average molecular weight is 327 g/mol. The molecule has 0 N–H and O–H groups in total. The van der Waals surface area contributed by atoms with Gasteiger partial charge in [-0.05, 0) is 33.1 Å². The highest BCUT2D eigenvalue weighted by Gasteiger charge is 2.51. The zero-order valence-corrected chi connectivity index (χ0v) is 13.9. The molecule has 1 aromatic rings. The zero-order chi connectivity index (χ0) is 16.1. The molecule has 122 valence electrons. The number of aryl methyl sites for hydroxylation is 2. The minimum absolute atomic E-state index is 0.0650. The Morgan fingerprint density at radius 1 is 1.23 bits per heavy atom. The van der Waals surface area contributed by atoms with Crippen molar-refractivity contribution in [3.63, 3.8) is 0 Å². The van der Waals surface area contributed by atoms with E-state index >= 15 is 0 Å². The molecule has 8 heteroatoms. The lowest BCUT2D eigenvalue weighted by Crippen LogP contribution is -2.48. The smallest absolute Gasteiger partial charge is 0.248 e. The summed E-state index contributed by atoms with van der Waals surface area (Å²) < 4.78 is 32.1. The second-order valence-corrected chi connectivity index (χ2v) is 8.23. The van der Waals surface area contributed by atoms with Crippen LogP contribution in [-0.4, -0.2) is 55.4 Å². The van der Waals surface area contributed by atoms with Gasteiger partial charge in [-0.1, -0.05) is 5.16 Å². The first-order valence-electron chi connectivity index (χ1n) is 7.46. The van der Waals surface area contributed by atoms with E-state index in [2.05, 4.69) is 5.16 Å². The molecule has 0 aromatic carbocycles. The Bertz CT molecular complexity index is 692. The van der Waals surface area contributed by atoms with Crippen LogP contribution in [-0.2, 0) is 14.8 Å². The molecule has 1 spiro atoms. The van der Waals surface area contributed by atoms with Crippen molar-refractivity contribution < 1.29 is 17.7 Å². The van der Waals surface area contributed by atoms with Gasteiger partial charge in [0.1, 0.15) is 10.6 Å². The second kappa shape index (κ2) is 5.06. The summed E-state index contributed by atoms with van der Waals surface area (Å²) in [5.41, 5.74) is -0.190. The Morgan fingerprint density at radius 3 is 2.59 bits per heavy atom. The number of hydrogen-bond donors (Lipinski definition) is 0. The van der Waals surface area contributed by atoms with Crippen LogP contribution in [0.1, 0.15) is 30.7 Å². The Labute approximate surface area is 130 Å². The van der Waals surface area contributed by atoms with E-state index in [1.54, 1.807) is 25.8 Å². The van der Waals surface area contributed by atoms with Gasteiger partial charge in [0.2, 0.25) is 15.9 Å². The lowest BCUT2D eigenvalue weighted by molar-refractivity contribution is -0.143. The van der Waals surface area contributed by atoms with Crippen molar-refractivity contribution >= 4 is 15.9 Å². The molecule has 1 amide bonds. The van der Waals surface area contributed by atoms with E-state index in [-0.39, 0.29) is 17.3 Å². The fourth-order valence-corrected chi connectivity index (χ4v) is 5.48. The highest BCUT2D eigenvalue weighted by molar-refractivity contribution is 7.89. The fraction of sp³-hybridized carbons (Fsp3) is 0.714. The van der Waals surface area contributed by atoms with Gasteiger partial charge in [-0.15, -0.1) is 0 Å². The Hall–Kier alpha value is -1.41. The molecule has 1 aromatic heterocycles. The van der Waals surface area contributed by atoms with Crippen LogP contribution in [0, 0.1) is 19.3 Å². The van der Waals surface area contributed by atoms with Crippen molar-refractivity contribution in [3.8, 4) is 0 Å². The Balaban J connectivity index is 1.91. The van der Waals surface area contributed by atoms with E-state index in [0.29, 0.717) is 24.4 Å². The maximum Gasteiger partial charge on any atom is 0.248 e. The summed E-state index contributed by atoms with van der Waals surface area (Å²) in [5, 5.41) is 3.73. The number of piperidine rings is 1. The van der Waals surface area contributed by atoms with Crippen LogP contribution in [0.3, 0.4) is 0 Å². The number of likely N-dealkylation sites (tertiary alicyclic amines) is 1. The number of carbonyl (C=O) groups excluding carboxylic acids is 1. The van der Waals surface area contributed by atoms with Gasteiger partial charge in [-0.2, -0.15) is 4.31 Å². The monoisotopic (exact) mass is 327 g/mol. The van der Waals surface area contributed by atoms with Crippen LogP contribution in [0.4, 0.5) is 0 Å². The lowest BCUT2D eigenvalue weighted by atomic mass is 9.78. The largest absolute Gasteiger partial charge is 0.360 e. The predicted octanol–water partition coefficient (Wildman–Crippen LogP) is 0.924. The standard InChI is InChI=1S/C14H21N3O4S/c1-10-12(11(2)21-15-10)22(19,20)17-8-6-14(9-17)5-4-7-16(3)13(14)18/h4-9H2,1-3H3/t14-/m0/s1. The van der Waals surface area contributed by atoms with Crippen LogP contribution in [0.15, 0.2) is 9.42 Å². The third-order valence-electron chi connectivity index (χ3n) is 4.83. The van der Waals surface area contributed by atoms with Gasteiger partial charge in [0.05, 0.1) is 5.41 Å². The van der Waals surface area contributed by atoms with Gasteiger partial charge in [0.25, 0.3) is 0 Å². The molecule has 0 bridgehead atoms. The van der Waals surface area contributed by atoms with Crippen molar-refractivity contribution in [1.29, 1.82) is 0 Å². The maximum atomic E-state index is 12.9. The van der Waals surface area contributed by atoms with E-state index in [9.17, 15) is 13.2 Å². The first kappa shape index (κ1) is 15.5. The number of nitrogens with zero attached hydrogens (tertiary/aromatic N) is 3. The summed E-state index contributed by atoms with van der Waals surface area (Å²) in [4.78, 5) is 14.4. The molecule has 0 radical (unpaired) electrons. The van der Waals surface area contributed by atoms with Crippen LogP contribution in [0.5, 0.6) is 0 Å². The first-order valence-corrected chi connectivity index (χ1v) is 8.90. The van der Waals surface area contributed by atoms with Crippen LogP contribution < -0.4 is 0 Å². The normalized spacial score (nSPS) is 27.0. The SMILES string of the molecule is Cc1noc(C)c1S(=O)(=O)N1CC[C@@]2(CCCN(C)C2=O)C1. The van der Waals surface area contributed by atoms with Crippen molar-refractivity contribution in [2.24, 2.45) is 5.41 Å². The van der Waals surface area contributed by atoms with Gasteiger partial charge in [0.15, 0.2) is 5.76 Å². The second-order valence-electron chi connectivity index (χ2n) is 6.35. The number of aromatic nitrogens is 1. The van der Waals surface area contributed by atoms with Crippen LogP contribution in [0.2, 0.25) is 0 Å². The van der Waals surface area contributed by atoms with Crippen molar-refractivity contribution in [2.75, 3.05) is 26.7 Å². The molecular weight excluding hydrogens is 306 g/mol. The molecule has 7 nitrogen and oxygen atoms in total. The van der Waals surface area contributed by atoms with E-state index in [1.807, 2.05) is 0 Å². The first-order chi connectivity index (χ1) is 10.3. The summed E-state index contributed by atoms with van der Waals surface area (Å²) in [7, 11) is -1.88. The number of rotatable bonds is 2. The van der Waals surface area contributed by atoms with Crippen molar-refractivity contribution in [1.82, 2.24) is 14.4 Å². The molecule has 3 rings (SSSR count). The molecule has 22 heavy (non-hydrogen) atoms. The highest BCUT2D eigenvalue weighted by atomic mass is 32.2. The summed E-state index contributed by atoms with van der Waals surface area (Å²) in [6.07, 6.45) is 2.25. The van der Waals surface area contributed by atoms with E-state index in [0.717, 1.165) is 19.4 Å². The van der Waals surface area contributed by atoms with Crippen LogP contribution >= 0.6 is 0 Å². The van der Waals surface area contributed by atoms with Gasteiger partial charge >= 0.3 is 0 Å². The maximum absolute atomic E-state index is 12.9. The number of amides is 1. The van der Waals surface area contributed by atoms with Crippen LogP contribution in [0.25, 0.3) is 0 Å². The molecule has 0 aliphatic carbocycles. The number of sulfonamides is 1. The summed E-state index contributed by atoms with van der Waals surface area (Å²) in [6.45, 7) is 4.58. The van der Waals surface area contributed by atoms with Gasteiger partial charge < -0.3 is 9.42 Å².